The second-order valence-corrected chi connectivity index (χ2v) is 4.96. The summed E-state index contributed by atoms with van der Waals surface area (Å²) >= 11 is 0. The highest BCUT2D eigenvalue weighted by Crippen LogP contribution is 2.33. The van der Waals surface area contributed by atoms with Gasteiger partial charge in [-0.15, -0.1) is 0 Å². The molecule has 0 saturated carbocycles. The summed E-state index contributed by atoms with van der Waals surface area (Å²) in [7, 11) is 0. The van der Waals surface area contributed by atoms with Gasteiger partial charge in [0.25, 0.3) is 0 Å². The third-order valence-corrected chi connectivity index (χ3v) is 3.48. The summed E-state index contributed by atoms with van der Waals surface area (Å²) in [4.78, 5) is 4.16. The molecule has 0 spiro atoms. The van der Waals surface area contributed by atoms with Crippen LogP contribution in [-0.4, -0.2) is 18.2 Å². The van der Waals surface area contributed by atoms with Crippen molar-refractivity contribution in [2.45, 2.75) is 19.9 Å². The second-order valence-electron chi connectivity index (χ2n) is 4.96. The fourth-order valence-electron chi connectivity index (χ4n) is 2.26. The largest absolute Gasteiger partial charge is 0.486 e. The summed E-state index contributed by atoms with van der Waals surface area (Å²) in [6.45, 7) is 5.42. The molecule has 0 radical (unpaired) electrons. The van der Waals surface area contributed by atoms with E-state index in [2.05, 4.69) is 30.2 Å². The minimum Gasteiger partial charge on any atom is -0.486 e. The van der Waals surface area contributed by atoms with Crippen molar-refractivity contribution in [2.75, 3.05) is 18.5 Å². The number of anilines is 1. The van der Waals surface area contributed by atoms with Gasteiger partial charge >= 0.3 is 0 Å². The lowest BCUT2D eigenvalue weighted by Gasteiger charge is -2.22. The number of rotatable bonds is 3. The smallest absolute Gasteiger partial charge is 0.161 e. The van der Waals surface area contributed by atoms with E-state index < -0.39 is 0 Å². The maximum atomic E-state index is 5.62. The summed E-state index contributed by atoms with van der Waals surface area (Å²) < 4.78 is 11.2. The summed E-state index contributed by atoms with van der Waals surface area (Å²) in [6.07, 6.45) is 3.65. The van der Waals surface area contributed by atoms with Gasteiger partial charge in [-0.25, -0.2) is 0 Å². The number of hydrogen-bond donors (Lipinski definition) is 1. The Morgan fingerprint density at radius 1 is 1.15 bits per heavy atom. The molecule has 1 aromatic carbocycles. The average Bonchev–Trinajstić information content (AvgIpc) is 2.49. The molecule has 1 unspecified atom stereocenters. The van der Waals surface area contributed by atoms with Crippen molar-refractivity contribution in [2.24, 2.45) is 0 Å². The van der Waals surface area contributed by atoms with E-state index in [1.54, 1.807) is 6.20 Å². The monoisotopic (exact) mass is 270 g/mol. The van der Waals surface area contributed by atoms with Crippen LogP contribution in [0.15, 0.2) is 36.7 Å². The molecule has 0 aliphatic carbocycles. The molecule has 4 nitrogen and oxygen atoms in total. The Labute approximate surface area is 118 Å². The lowest BCUT2D eigenvalue weighted by molar-refractivity contribution is 0.171. The highest BCUT2D eigenvalue weighted by Gasteiger charge is 2.14. The van der Waals surface area contributed by atoms with Crippen LogP contribution in [-0.2, 0) is 0 Å². The zero-order chi connectivity index (χ0) is 13.9. The van der Waals surface area contributed by atoms with Crippen LogP contribution >= 0.6 is 0 Å². The summed E-state index contributed by atoms with van der Waals surface area (Å²) in [5.41, 5.74) is 3.40. The van der Waals surface area contributed by atoms with E-state index in [0.29, 0.717) is 13.2 Å². The molecule has 0 fully saturated rings. The van der Waals surface area contributed by atoms with Crippen molar-refractivity contribution in [1.82, 2.24) is 4.98 Å². The Morgan fingerprint density at radius 3 is 2.75 bits per heavy atom. The zero-order valence-electron chi connectivity index (χ0n) is 11.7. The van der Waals surface area contributed by atoms with Gasteiger partial charge in [0.2, 0.25) is 0 Å². The number of benzene rings is 1. The van der Waals surface area contributed by atoms with Crippen LogP contribution in [0.25, 0.3) is 0 Å². The van der Waals surface area contributed by atoms with Crippen molar-refractivity contribution in [3.63, 3.8) is 0 Å². The first-order valence-electron chi connectivity index (χ1n) is 6.81. The van der Waals surface area contributed by atoms with E-state index in [-0.39, 0.29) is 6.04 Å². The van der Waals surface area contributed by atoms with Gasteiger partial charge in [-0.1, -0.05) is 6.07 Å². The van der Waals surface area contributed by atoms with Crippen LogP contribution in [0.5, 0.6) is 11.5 Å². The quantitative estimate of drug-likeness (QED) is 0.929. The maximum absolute atomic E-state index is 5.62. The van der Waals surface area contributed by atoms with Crippen LogP contribution in [0.3, 0.4) is 0 Å². The Balaban J connectivity index is 1.80. The lowest BCUT2D eigenvalue weighted by Crippen LogP contribution is -2.16. The number of hydrogen-bond acceptors (Lipinski definition) is 4. The first-order valence-corrected chi connectivity index (χ1v) is 6.81. The molecule has 0 amide bonds. The van der Waals surface area contributed by atoms with Crippen LogP contribution < -0.4 is 14.8 Å². The first-order chi connectivity index (χ1) is 9.74. The zero-order valence-corrected chi connectivity index (χ0v) is 11.7. The molecule has 1 atom stereocenters. The van der Waals surface area contributed by atoms with Gasteiger partial charge in [0.15, 0.2) is 11.5 Å². The number of aryl methyl sites for hydroxylation is 1. The predicted molar refractivity (Wildman–Crippen MR) is 78.4 cm³/mol. The number of ether oxygens (including phenoxy) is 2. The minimum atomic E-state index is 0.175. The molecule has 104 valence electrons. The highest BCUT2D eigenvalue weighted by atomic mass is 16.6. The van der Waals surface area contributed by atoms with Gasteiger partial charge in [0, 0.05) is 12.2 Å². The fraction of sp³-hybridized carbons (Fsp3) is 0.312. The minimum absolute atomic E-state index is 0.175. The van der Waals surface area contributed by atoms with Gasteiger partial charge in [-0.05, 0) is 43.2 Å². The van der Waals surface area contributed by atoms with E-state index in [1.807, 2.05) is 24.4 Å². The van der Waals surface area contributed by atoms with Gasteiger partial charge in [0.05, 0.1) is 11.9 Å². The van der Waals surface area contributed by atoms with Crippen LogP contribution in [0, 0.1) is 6.92 Å². The number of fused-ring (bicyclic) bond motifs is 1. The summed E-state index contributed by atoms with van der Waals surface area (Å²) in [6, 6.07) is 8.25. The predicted octanol–water partition coefficient (Wildman–Crippen LogP) is 3.33. The van der Waals surface area contributed by atoms with E-state index >= 15 is 0 Å². The third-order valence-electron chi connectivity index (χ3n) is 3.48. The third kappa shape index (κ3) is 2.54. The van der Waals surface area contributed by atoms with Crippen molar-refractivity contribution in [3.8, 4) is 11.5 Å². The number of aromatic nitrogens is 1. The van der Waals surface area contributed by atoms with Crippen molar-refractivity contribution >= 4 is 5.69 Å². The van der Waals surface area contributed by atoms with E-state index in [1.165, 1.54) is 5.56 Å². The van der Waals surface area contributed by atoms with Crippen molar-refractivity contribution < 1.29 is 9.47 Å². The number of nitrogens with one attached hydrogen (secondary N) is 1. The van der Waals surface area contributed by atoms with E-state index in [9.17, 15) is 0 Å². The van der Waals surface area contributed by atoms with Gasteiger partial charge < -0.3 is 14.8 Å². The number of pyridine rings is 1. The van der Waals surface area contributed by atoms with Gasteiger partial charge in [-0.2, -0.15) is 0 Å². The molecule has 3 rings (SSSR count). The standard InChI is InChI=1S/C16H18N2O2/c1-11-5-6-17-10-14(11)18-12(2)13-3-4-15-16(9-13)20-8-7-19-15/h3-6,9-10,12,18H,7-8H2,1-2H3. The SMILES string of the molecule is Cc1ccncc1NC(C)c1ccc2c(c1)OCCO2. The van der Waals surface area contributed by atoms with Crippen LogP contribution in [0.2, 0.25) is 0 Å². The molecule has 0 saturated heterocycles. The molecule has 1 aliphatic heterocycles. The first kappa shape index (κ1) is 12.8. The molecule has 2 heterocycles. The Kier molecular flexibility index (Phi) is 3.46. The van der Waals surface area contributed by atoms with E-state index in [4.69, 9.17) is 9.47 Å². The normalized spacial score (nSPS) is 14.7. The molecule has 2 aromatic rings. The topological polar surface area (TPSA) is 43.4 Å². The van der Waals surface area contributed by atoms with Crippen molar-refractivity contribution in [1.29, 1.82) is 0 Å². The molecule has 1 aliphatic rings. The molecular weight excluding hydrogens is 252 g/mol. The Bertz CT molecular complexity index is 613. The molecule has 0 bridgehead atoms. The van der Waals surface area contributed by atoms with Crippen LogP contribution in [0.4, 0.5) is 5.69 Å². The Morgan fingerprint density at radius 2 is 1.95 bits per heavy atom. The summed E-state index contributed by atoms with van der Waals surface area (Å²) in [5, 5.41) is 3.47. The highest BCUT2D eigenvalue weighted by molar-refractivity contribution is 5.51. The van der Waals surface area contributed by atoms with Gasteiger partial charge in [0.1, 0.15) is 13.2 Å². The average molecular weight is 270 g/mol. The number of nitrogens with zero attached hydrogens (tertiary/aromatic N) is 1. The fourth-order valence-corrected chi connectivity index (χ4v) is 2.26. The second kappa shape index (κ2) is 5.41. The maximum Gasteiger partial charge on any atom is 0.161 e. The molecule has 20 heavy (non-hydrogen) atoms. The Hall–Kier alpha value is -2.23. The van der Waals surface area contributed by atoms with Gasteiger partial charge in [-0.3, -0.25) is 4.98 Å². The van der Waals surface area contributed by atoms with Crippen LogP contribution in [0.1, 0.15) is 24.1 Å². The summed E-state index contributed by atoms with van der Waals surface area (Å²) in [5.74, 6) is 1.65. The van der Waals surface area contributed by atoms with Crippen molar-refractivity contribution in [3.05, 3.63) is 47.8 Å². The lowest BCUT2D eigenvalue weighted by atomic mass is 10.1. The van der Waals surface area contributed by atoms with E-state index in [0.717, 1.165) is 22.7 Å². The molecule has 4 heteroatoms. The molecule has 1 N–H and O–H groups in total. The molecule has 1 aromatic heterocycles. The molecular formula is C16H18N2O2.